The molecule has 1 saturated heterocycles. The molecular weight excluding hydrogens is 431 g/mol. The number of hydrogen-bond donors (Lipinski definition) is 1. The minimum atomic E-state index is -0.378. The number of likely N-dealkylation sites (N-methyl/N-ethyl adjacent to an activating group) is 1. The average Bonchev–Trinajstić information content (AvgIpc) is 3.42. The van der Waals surface area contributed by atoms with Crippen LogP contribution in [0.1, 0.15) is 25.0 Å². The van der Waals surface area contributed by atoms with E-state index < -0.39 is 0 Å². The van der Waals surface area contributed by atoms with Crippen molar-refractivity contribution < 1.29 is 9.13 Å². The number of nitrogens with one attached hydrogen (secondary N) is 1. The van der Waals surface area contributed by atoms with Crippen LogP contribution in [0.4, 0.5) is 16.0 Å². The van der Waals surface area contributed by atoms with Crippen molar-refractivity contribution in [2.45, 2.75) is 20.3 Å². The zero-order valence-electron chi connectivity index (χ0n) is 19.8. The number of amidine groups is 1. The molecule has 1 aromatic heterocycles. The van der Waals surface area contributed by atoms with Crippen LogP contribution in [0.3, 0.4) is 0 Å². The van der Waals surface area contributed by atoms with E-state index in [0.29, 0.717) is 17.9 Å². The summed E-state index contributed by atoms with van der Waals surface area (Å²) >= 11 is 0. The van der Waals surface area contributed by atoms with Crippen molar-refractivity contribution in [1.29, 1.82) is 0 Å². The Morgan fingerprint density at radius 2 is 1.94 bits per heavy atom. The fourth-order valence-corrected chi connectivity index (χ4v) is 4.38. The van der Waals surface area contributed by atoms with Gasteiger partial charge in [0.25, 0.3) is 0 Å². The Hall–Kier alpha value is -3.52. The van der Waals surface area contributed by atoms with E-state index in [2.05, 4.69) is 37.1 Å². The third-order valence-electron chi connectivity index (χ3n) is 6.21. The largest absolute Gasteiger partial charge is 0.421 e. The fraction of sp³-hybridized carbons (Fsp3) is 0.346. The molecule has 5 rings (SSSR count). The van der Waals surface area contributed by atoms with Gasteiger partial charge >= 0.3 is 6.01 Å². The topological polar surface area (TPSA) is 65.9 Å². The van der Waals surface area contributed by atoms with E-state index in [1.54, 1.807) is 6.07 Å². The molecule has 0 atom stereocenters. The van der Waals surface area contributed by atoms with Crippen molar-refractivity contribution in [2.24, 2.45) is 4.99 Å². The van der Waals surface area contributed by atoms with Gasteiger partial charge in [-0.15, -0.1) is 0 Å². The number of rotatable bonds is 5. The summed E-state index contributed by atoms with van der Waals surface area (Å²) in [4.78, 5) is 18.2. The number of allylic oxidation sites excluding steroid dienone is 2. The predicted octanol–water partition coefficient (Wildman–Crippen LogP) is 4.45. The summed E-state index contributed by atoms with van der Waals surface area (Å²) in [5.41, 5.74) is 3.82. The van der Waals surface area contributed by atoms with Crippen LogP contribution in [0.2, 0.25) is 0 Å². The Balaban J connectivity index is 1.45. The summed E-state index contributed by atoms with van der Waals surface area (Å²) in [6.07, 6.45) is 8.66. The van der Waals surface area contributed by atoms with Crippen LogP contribution in [-0.4, -0.2) is 60.5 Å². The third-order valence-corrected chi connectivity index (χ3v) is 6.21. The second kappa shape index (κ2) is 9.38. The molecule has 3 aliphatic rings. The van der Waals surface area contributed by atoms with E-state index in [1.165, 1.54) is 0 Å². The van der Waals surface area contributed by atoms with Gasteiger partial charge in [-0.1, -0.05) is 29.9 Å². The highest BCUT2D eigenvalue weighted by atomic mass is 19.1. The fourth-order valence-electron chi connectivity index (χ4n) is 4.38. The van der Waals surface area contributed by atoms with E-state index in [1.807, 2.05) is 50.3 Å². The lowest BCUT2D eigenvalue weighted by atomic mass is 10.1. The molecule has 0 radical (unpaired) electrons. The zero-order valence-corrected chi connectivity index (χ0v) is 19.8. The highest BCUT2D eigenvalue weighted by molar-refractivity contribution is 6.05. The molecule has 0 saturated carbocycles. The standard InChI is InChI=1S/C26H29FN6O/c1-4-5-18-14-22(28-16-18)29-23-15-24(33-10-8-32(3)9-11-33)31-26(30-23)34-21-7-6-19-12-17(2)13-20(19)25(21)27/h4-7,13-15H,8-12,16H2,1-3H3,(H,28,29,30,31)/b5-4+. The number of aromatic nitrogens is 2. The van der Waals surface area contributed by atoms with Gasteiger partial charge in [0.15, 0.2) is 11.6 Å². The monoisotopic (exact) mass is 460 g/mol. The lowest BCUT2D eigenvalue weighted by Crippen LogP contribution is -2.44. The molecule has 1 aromatic carbocycles. The normalized spacial score (nSPS) is 18.1. The predicted molar refractivity (Wildman–Crippen MR) is 134 cm³/mol. The van der Waals surface area contributed by atoms with Gasteiger partial charge in [-0.05, 0) is 50.6 Å². The second-order valence-electron chi connectivity index (χ2n) is 8.95. The van der Waals surface area contributed by atoms with Crippen molar-refractivity contribution in [3.8, 4) is 11.8 Å². The van der Waals surface area contributed by atoms with Crippen LogP contribution < -0.4 is 15.0 Å². The SMILES string of the molecule is C/C=C/C1=CC(Nc2cc(N3CCN(C)CC3)nc(Oc3ccc4c(c3F)C=C(C)C4)n2)=NC1. The molecule has 176 valence electrons. The molecule has 0 unspecified atom stereocenters. The van der Waals surface area contributed by atoms with Crippen LogP contribution in [0.25, 0.3) is 6.08 Å². The Kier molecular flexibility index (Phi) is 6.15. The number of ether oxygens (including phenoxy) is 1. The Morgan fingerprint density at radius 3 is 2.74 bits per heavy atom. The maximum absolute atomic E-state index is 15.2. The molecule has 2 aliphatic heterocycles. The van der Waals surface area contributed by atoms with Crippen molar-refractivity contribution >= 4 is 23.5 Å². The van der Waals surface area contributed by atoms with E-state index in [9.17, 15) is 0 Å². The summed E-state index contributed by atoms with van der Waals surface area (Å²) < 4.78 is 21.1. The van der Waals surface area contributed by atoms with Crippen molar-refractivity contribution in [2.75, 3.05) is 50.0 Å². The number of fused-ring (bicyclic) bond motifs is 1. The second-order valence-corrected chi connectivity index (χ2v) is 8.95. The maximum atomic E-state index is 15.2. The molecule has 7 nitrogen and oxygen atoms in total. The van der Waals surface area contributed by atoms with Crippen LogP contribution in [-0.2, 0) is 6.42 Å². The number of nitrogens with zero attached hydrogens (tertiary/aromatic N) is 5. The summed E-state index contributed by atoms with van der Waals surface area (Å²) in [6.45, 7) is 8.18. The molecular formula is C26H29FN6O. The summed E-state index contributed by atoms with van der Waals surface area (Å²) in [7, 11) is 2.11. The first kappa shape index (κ1) is 22.3. The smallest absolute Gasteiger partial charge is 0.326 e. The maximum Gasteiger partial charge on any atom is 0.326 e. The first-order valence-electron chi connectivity index (χ1n) is 11.6. The highest BCUT2D eigenvalue weighted by Crippen LogP contribution is 2.34. The number of benzene rings is 1. The van der Waals surface area contributed by atoms with E-state index in [4.69, 9.17) is 4.74 Å². The molecule has 8 heteroatoms. The Morgan fingerprint density at radius 1 is 1.12 bits per heavy atom. The summed E-state index contributed by atoms with van der Waals surface area (Å²) in [5.74, 6) is 1.78. The molecule has 2 aromatic rings. The van der Waals surface area contributed by atoms with Gasteiger partial charge in [-0.25, -0.2) is 4.39 Å². The molecule has 0 bridgehead atoms. The summed E-state index contributed by atoms with van der Waals surface area (Å²) in [5, 5.41) is 3.27. The van der Waals surface area contributed by atoms with Crippen LogP contribution in [0.15, 0.2) is 52.6 Å². The number of piperazine rings is 1. The molecule has 1 aliphatic carbocycles. The van der Waals surface area contributed by atoms with E-state index in [0.717, 1.165) is 61.0 Å². The van der Waals surface area contributed by atoms with Gasteiger partial charge in [0.1, 0.15) is 17.5 Å². The molecule has 3 heterocycles. The van der Waals surface area contributed by atoms with Crippen molar-refractivity contribution in [1.82, 2.24) is 14.9 Å². The van der Waals surface area contributed by atoms with E-state index >= 15 is 4.39 Å². The van der Waals surface area contributed by atoms with E-state index in [-0.39, 0.29) is 17.6 Å². The first-order chi connectivity index (χ1) is 16.5. The molecule has 0 spiro atoms. The number of aliphatic imine (C=N–C) groups is 1. The highest BCUT2D eigenvalue weighted by Gasteiger charge is 2.21. The molecule has 1 fully saturated rings. The Bertz CT molecular complexity index is 1220. The first-order valence-corrected chi connectivity index (χ1v) is 11.6. The third kappa shape index (κ3) is 4.72. The molecule has 1 N–H and O–H groups in total. The Labute approximate surface area is 199 Å². The van der Waals surface area contributed by atoms with Gasteiger partial charge in [-0.3, -0.25) is 4.99 Å². The van der Waals surface area contributed by atoms with Crippen LogP contribution >= 0.6 is 0 Å². The minimum absolute atomic E-state index is 0.104. The van der Waals surface area contributed by atoms with Gasteiger partial charge in [0.05, 0.1) is 6.54 Å². The number of halogens is 1. The lowest BCUT2D eigenvalue weighted by molar-refractivity contribution is 0.311. The van der Waals surface area contributed by atoms with Gasteiger partial charge in [0, 0.05) is 37.8 Å². The minimum Gasteiger partial charge on any atom is -0.421 e. The van der Waals surface area contributed by atoms with Gasteiger partial charge in [-0.2, -0.15) is 9.97 Å². The van der Waals surface area contributed by atoms with Gasteiger partial charge in [0.2, 0.25) is 0 Å². The van der Waals surface area contributed by atoms with Crippen molar-refractivity contribution in [3.63, 3.8) is 0 Å². The van der Waals surface area contributed by atoms with Gasteiger partial charge < -0.3 is 19.9 Å². The quantitative estimate of drug-likeness (QED) is 0.712. The van der Waals surface area contributed by atoms with Crippen molar-refractivity contribution in [3.05, 3.63) is 64.5 Å². The zero-order chi connectivity index (χ0) is 23.7. The average molecular weight is 461 g/mol. The summed E-state index contributed by atoms with van der Waals surface area (Å²) in [6, 6.07) is 5.57. The van der Waals surface area contributed by atoms with Crippen LogP contribution in [0.5, 0.6) is 11.8 Å². The number of anilines is 2. The molecule has 0 amide bonds. The molecule has 34 heavy (non-hydrogen) atoms. The lowest BCUT2D eigenvalue weighted by Gasteiger charge is -2.33. The number of hydrogen-bond acceptors (Lipinski definition) is 7. The van der Waals surface area contributed by atoms with Crippen LogP contribution in [0, 0.1) is 5.82 Å².